The fraction of sp³-hybridized carbons (Fsp3) is 0.421. The third kappa shape index (κ3) is 4.76. The van der Waals surface area contributed by atoms with Gasteiger partial charge in [0.05, 0.1) is 0 Å². The van der Waals surface area contributed by atoms with Crippen LogP contribution in [0, 0.1) is 5.92 Å². The van der Waals surface area contributed by atoms with Gasteiger partial charge >= 0.3 is 0 Å². The number of Topliss-reactive ketones (excluding diaryl/α,β-unsaturated/α-hetero) is 1. The van der Waals surface area contributed by atoms with Crippen molar-refractivity contribution in [2.45, 2.75) is 45.4 Å². The summed E-state index contributed by atoms with van der Waals surface area (Å²) in [5.41, 5.74) is 8.27. The van der Waals surface area contributed by atoms with Crippen LogP contribution < -0.4 is 5.73 Å². The van der Waals surface area contributed by atoms with Crippen LogP contribution in [-0.2, 0) is 4.79 Å². The van der Waals surface area contributed by atoms with Crippen LogP contribution >= 0.6 is 0 Å². The summed E-state index contributed by atoms with van der Waals surface area (Å²) < 4.78 is 0. The second kappa shape index (κ2) is 7.83. The summed E-state index contributed by atoms with van der Waals surface area (Å²) in [5.74, 6) is 0.871. The first-order chi connectivity index (χ1) is 10.6. The van der Waals surface area contributed by atoms with Crippen LogP contribution in [0.1, 0.15) is 56.6 Å². The number of aliphatic hydroxyl groups is 1. The van der Waals surface area contributed by atoms with Crippen LogP contribution in [0.15, 0.2) is 30.4 Å². The number of hydrogen-bond acceptors (Lipinski definition) is 3. The van der Waals surface area contributed by atoms with Gasteiger partial charge in [-0.2, -0.15) is 0 Å². The van der Waals surface area contributed by atoms with Crippen LogP contribution in [0.4, 0.5) is 5.69 Å². The SMILES string of the molecule is CC1/C=C(\O)c2ccc(N)cc2/C=C/CCCC(=O)CCC1. The van der Waals surface area contributed by atoms with Crippen LogP contribution in [0.5, 0.6) is 0 Å². The highest BCUT2D eigenvalue weighted by atomic mass is 16.3. The Bertz CT molecular complexity index is 587. The van der Waals surface area contributed by atoms with Crippen molar-refractivity contribution < 1.29 is 9.90 Å². The van der Waals surface area contributed by atoms with Gasteiger partial charge in [-0.05, 0) is 61.4 Å². The number of carbonyl (C=O) groups is 1. The Morgan fingerprint density at radius 3 is 2.82 bits per heavy atom. The Morgan fingerprint density at radius 2 is 2.00 bits per heavy atom. The van der Waals surface area contributed by atoms with E-state index in [1.165, 1.54) is 0 Å². The average molecular weight is 299 g/mol. The zero-order valence-electron chi connectivity index (χ0n) is 13.2. The van der Waals surface area contributed by atoms with Crippen LogP contribution in [0.3, 0.4) is 0 Å². The van der Waals surface area contributed by atoms with Crippen molar-refractivity contribution in [3.8, 4) is 0 Å². The number of fused-ring (bicyclic) bond motifs is 1. The summed E-state index contributed by atoms with van der Waals surface area (Å²) in [6.45, 7) is 2.07. The van der Waals surface area contributed by atoms with Crippen molar-refractivity contribution in [1.82, 2.24) is 0 Å². The van der Waals surface area contributed by atoms with E-state index >= 15 is 0 Å². The Labute approximate surface area is 132 Å². The van der Waals surface area contributed by atoms with E-state index in [1.54, 1.807) is 0 Å². The average Bonchev–Trinajstić information content (AvgIpc) is 2.46. The molecule has 1 unspecified atom stereocenters. The van der Waals surface area contributed by atoms with Crippen molar-refractivity contribution in [2.75, 3.05) is 5.73 Å². The lowest BCUT2D eigenvalue weighted by Gasteiger charge is -2.11. The summed E-state index contributed by atoms with van der Waals surface area (Å²) >= 11 is 0. The van der Waals surface area contributed by atoms with Crippen LogP contribution in [-0.4, -0.2) is 10.9 Å². The number of hydrogen-bond donors (Lipinski definition) is 2. The van der Waals surface area contributed by atoms with E-state index in [4.69, 9.17) is 5.73 Å². The summed E-state index contributed by atoms with van der Waals surface area (Å²) in [4.78, 5) is 11.8. The molecule has 0 aromatic heterocycles. The third-order valence-electron chi connectivity index (χ3n) is 4.03. The Balaban J connectivity index is 2.31. The summed E-state index contributed by atoms with van der Waals surface area (Å²) in [5, 5.41) is 10.4. The molecule has 3 heteroatoms. The maximum absolute atomic E-state index is 11.8. The Hall–Kier alpha value is -2.03. The van der Waals surface area contributed by atoms with Crippen molar-refractivity contribution in [2.24, 2.45) is 5.92 Å². The third-order valence-corrected chi connectivity index (χ3v) is 4.03. The first-order valence-electron chi connectivity index (χ1n) is 8.05. The van der Waals surface area contributed by atoms with E-state index in [1.807, 2.05) is 36.4 Å². The van der Waals surface area contributed by atoms with E-state index in [-0.39, 0.29) is 11.7 Å². The largest absolute Gasteiger partial charge is 0.508 e. The summed E-state index contributed by atoms with van der Waals surface area (Å²) in [6, 6.07) is 5.55. The highest BCUT2D eigenvalue weighted by Gasteiger charge is 2.09. The number of benzene rings is 1. The molecule has 1 aromatic rings. The minimum absolute atomic E-state index is 0.241. The lowest BCUT2D eigenvalue weighted by Crippen LogP contribution is -2.01. The van der Waals surface area contributed by atoms with Gasteiger partial charge < -0.3 is 10.8 Å². The van der Waals surface area contributed by atoms with Gasteiger partial charge in [-0.3, -0.25) is 4.79 Å². The molecule has 0 bridgehead atoms. The molecule has 1 aliphatic carbocycles. The lowest BCUT2D eigenvalue weighted by atomic mass is 9.96. The molecule has 0 radical (unpaired) electrons. The Morgan fingerprint density at radius 1 is 1.23 bits per heavy atom. The van der Waals surface area contributed by atoms with Crippen LogP contribution in [0.2, 0.25) is 0 Å². The molecule has 0 heterocycles. The number of carbonyl (C=O) groups excluding carboxylic acids is 1. The molecule has 0 saturated heterocycles. The number of aliphatic hydroxyl groups excluding tert-OH is 1. The number of ketones is 1. The van der Waals surface area contributed by atoms with Crippen molar-refractivity contribution in [3.63, 3.8) is 0 Å². The van der Waals surface area contributed by atoms with Gasteiger partial charge in [-0.1, -0.05) is 19.1 Å². The highest BCUT2D eigenvalue weighted by Crippen LogP contribution is 2.24. The van der Waals surface area contributed by atoms with Crippen molar-refractivity contribution in [1.29, 1.82) is 0 Å². The predicted molar refractivity (Wildman–Crippen MR) is 92.4 cm³/mol. The summed E-state index contributed by atoms with van der Waals surface area (Å²) in [6.07, 6.45) is 10.7. The number of anilines is 1. The maximum Gasteiger partial charge on any atom is 0.132 e. The molecule has 0 saturated carbocycles. The van der Waals surface area contributed by atoms with Gasteiger partial charge in [-0.15, -0.1) is 0 Å². The molecule has 22 heavy (non-hydrogen) atoms. The molecule has 3 nitrogen and oxygen atoms in total. The minimum atomic E-state index is 0.241. The second-order valence-corrected chi connectivity index (χ2v) is 6.10. The monoisotopic (exact) mass is 299 g/mol. The van der Waals surface area contributed by atoms with Crippen molar-refractivity contribution >= 4 is 23.3 Å². The van der Waals surface area contributed by atoms with E-state index in [9.17, 15) is 9.90 Å². The fourth-order valence-corrected chi connectivity index (χ4v) is 2.77. The molecule has 118 valence electrons. The number of rotatable bonds is 0. The van der Waals surface area contributed by atoms with E-state index < -0.39 is 0 Å². The molecule has 2 rings (SSSR count). The minimum Gasteiger partial charge on any atom is -0.508 e. The summed E-state index contributed by atoms with van der Waals surface area (Å²) in [7, 11) is 0. The van der Waals surface area contributed by atoms with Gasteiger partial charge in [-0.25, -0.2) is 0 Å². The standard InChI is InChI=1S/C19H25NO2/c1-14-6-5-9-17(21)8-4-2-3-7-15-13-16(20)10-11-18(15)19(22)12-14/h3,7,10-14,22H,2,4-6,8-9,20H2,1H3/b7-3+,19-12-. The number of allylic oxidation sites excluding steroid dienone is 2. The lowest BCUT2D eigenvalue weighted by molar-refractivity contribution is -0.119. The van der Waals surface area contributed by atoms with Gasteiger partial charge in [0.2, 0.25) is 0 Å². The second-order valence-electron chi connectivity index (χ2n) is 6.10. The van der Waals surface area contributed by atoms with E-state index in [0.717, 1.165) is 36.8 Å². The predicted octanol–water partition coefficient (Wildman–Crippen LogP) is 4.74. The first kappa shape index (κ1) is 16.3. The normalized spacial score (nSPS) is 24.7. The molecule has 0 amide bonds. The zero-order chi connectivity index (χ0) is 15.9. The quantitative estimate of drug-likeness (QED) is 0.680. The van der Waals surface area contributed by atoms with Crippen LogP contribution in [0.25, 0.3) is 11.8 Å². The zero-order valence-corrected chi connectivity index (χ0v) is 13.2. The molecule has 1 aromatic carbocycles. The number of nitrogens with two attached hydrogens (primary N) is 1. The Kier molecular flexibility index (Phi) is 5.82. The van der Waals surface area contributed by atoms with Gasteiger partial charge in [0, 0.05) is 24.1 Å². The van der Waals surface area contributed by atoms with Gasteiger partial charge in [0.1, 0.15) is 11.5 Å². The maximum atomic E-state index is 11.8. The molecule has 1 atom stereocenters. The topological polar surface area (TPSA) is 63.3 Å². The smallest absolute Gasteiger partial charge is 0.132 e. The van der Waals surface area contributed by atoms with E-state index in [0.29, 0.717) is 24.3 Å². The van der Waals surface area contributed by atoms with Crippen molar-refractivity contribution in [3.05, 3.63) is 41.5 Å². The van der Waals surface area contributed by atoms with E-state index in [2.05, 4.69) is 6.92 Å². The molecule has 0 fully saturated rings. The molecule has 0 spiro atoms. The molecule has 3 N–H and O–H groups in total. The first-order valence-corrected chi connectivity index (χ1v) is 8.05. The molecular formula is C19H25NO2. The number of nitrogen functional groups attached to an aromatic ring is 1. The van der Waals surface area contributed by atoms with Gasteiger partial charge in [0.25, 0.3) is 0 Å². The fourth-order valence-electron chi connectivity index (χ4n) is 2.77. The molecule has 0 aliphatic heterocycles. The van der Waals surface area contributed by atoms with Gasteiger partial charge in [0.15, 0.2) is 0 Å². The highest BCUT2D eigenvalue weighted by molar-refractivity contribution is 5.78. The molecule has 1 aliphatic rings. The molecular weight excluding hydrogens is 274 g/mol.